The summed E-state index contributed by atoms with van der Waals surface area (Å²) < 4.78 is 1.67. The molecule has 2 rings (SSSR count). The van der Waals surface area contributed by atoms with Gasteiger partial charge in [0.2, 0.25) is 0 Å². The summed E-state index contributed by atoms with van der Waals surface area (Å²) in [7, 11) is 1.83. The average Bonchev–Trinajstić information content (AvgIpc) is 2.83. The Morgan fingerprint density at radius 2 is 2.42 bits per heavy atom. The summed E-state index contributed by atoms with van der Waals surface area (Å²) in [6, 6.07) is 0.217. The molecule has 19 heavy (non-hydrogen) atoms. The zero-order valence-electron chi connectivity index (χ0n) is 12.1. The number of aryl methyl sites for hydroxylation is 1. The quantitative estimate of drug-likeness (QED) is 0.891. The van der Waals surface area contributed by atoms with E-state index < -0.39 is 0 Å². The summed E-state index contributed by atoms with van der Waals surface area (Å²) in [5.41, 5.74) is 0.681. The van der Waals surface area contributed by atoms with E-state index in [2.05, 4.69) is 24.3 Å². The second kappa shape index (κ2) is 6.19. The lowest BCUT2D eigenvalue weighted by molar-refractivity contribution is 0.0661. The first-order chi connectivity index (χ1) is 9.08. The fourth-order valence-electron chi connectivity index (χ4n) is 2.58. The van der Waals surface area contributed by atoms with E-state index in [0.29, 0.717) is 11.5 Å². The number of carbonyl (C=O) groups excluding carboxylic acids is 1. The number of aromatic nitrogens is 2. The van der Waals surface area contributed by atoms with Crippen LogP contribution in [0.25, 0.3) is 0 Å². The second-order valence-corrected chi connectivity index (χ2v) is 5.67. The summed E-state index contributed by atoms with van der Waals surface area (Å²) >= 11 is 0. The summed E-state index contributed by atoms with van der Waals surface area (Å²) in [5, 5.41) is 7.49. The molecule has 1 amide bonds. The van der Waals surface area contributed by atoms with E-state index in [9.17, 15) is 4.79 Å². The molecule has 1 saturated heterocycles. The average molecular weight is 264 g/mol. The number of piperidine rings is 1. The Hall–Kier alpha value is -1.36. The highest BCUT2D eigenvalue weighted by Gasteiger charge is 2.24. The first kappa shape index (κ1) is 14.1. The van der Waals surface area contributed by atoms with Gasteiger partial charge in [-0.05, 0) is 45.7 Å². The topological polar surface area (TPSA) is 50.2 Å². The van der Waals surface area contributed by atoms with Crippen molar-refractivity contribution in [2.24, 2.45) is 13.0 Å². The molecule has 1 aromatic heterocycles. The molecule has 0 bridgehead atoms. The van der Waals surface area contributed by atoms with E-state index in [1.807, 2.05) is 11.9 Å². The molecular weight excluding hydrogens is 240 g/mol. The van der Waals surface area contributed by atoms with E-state index in [4.69, 9.17) is 0 Å². The highest BCUT2D eigenvalue weighted by Crippen LogP contribution is 2.16. The van der Waals surface area contributed by atoms with Gasteiger partial charge in [-0.25, -0.2) is 0 Å². The minimum absolute atomic E-state index is 0.0914. The minimum atomic E-state index is 0.0914. The van der Waals surface area contributed by atoms with Crippen LogP contribution in [0.3, 0.4) is 0 Å². The molecule has 0 aromatic carbocycles. The summed E-state index contributed by atoms with van der Waals surface area (Å²) in [6.45, 7) is 7.10. The Bertz CT molecular complexity index is 421. The molecule has 1 unspecified atom stereocenters. The first-order valence-electron chi connectivity index (χ1n) is 7.08. The molecule has 0 saturated carbocycles. The molecule has 2 heterocycles. The lowest BCUT2D eigenvalue weighted by Gasteiger charge is -2.32. The molecule has 106 valence electrons. The molecule has 1 atom stereocenters. The van der Waals surface area contributed by atoms with E-state index >= 15 is 0 Å². The third-order valence-electron chi connectivity index (χ3n) is 3.69. The Balaban J connectivity index is 2.04. The second-order valence-electron chi connectivity index (χ2n) is 5.67. The number of carbonyl (C=O) groups is 1. The van der Waals surface area contributed by atoms with Crippen LogP contribution in [0.1, 0.15) is 37.0 Å². The van der Waals surface area contributed by atoms with Crippen LogP contribution in [-0.4, -0.2) is 46.3 Å². The van der Waals surface area contributed by atoms with Crippen LogP contribution < -0.4 is 5.32 Å². The highest BCUT2D eigenvalue weighted by atomic mass is 16.2. The van der Waals surface area contributed by atoms with Crippen LogP contribution in [0.15, 0.2) is 12.4 Å². The maximum Gasteiger partial charge on any atom is 0.257 e. The summed E-state index contributed by atoms with van der Waals surface area (Å²) in [6.07, 6.45) is 5.85. The van der Waals surface area contributed by atoms with Crippen molar-refractivity contribution in [1.29, 1.82) is 0 Å². The Morgan fingerprint density at radius 3 is 2.95 bits per heavy atom. The summed E-state index contributed by atoms with van der Waals surface area (Å²) in [5.74, 6) is 0.658. The normalized spacial score (nSPS) is 19.7. The van der Waals surface area contributed by atoms with Crippen LogP contribution in [0.4, 0.5) is 0 Å². The number of hydrogen-bond donors (Lipinski definition) is 1. The monoisotopic (exact) mass is 264 g/mol. The van der Waals surface area contributed by atoms with Crippen molar-refractivity contribution in [1.82, 2.24) is 20.0 Å². The third kappa shape index (κ3) is 3.56. The lowest BCUT2D eigenvalue weighted by atomic mass is 9.98. The largest absolute Gasteiger partial charge is 0.336 e. The van der Waals surface area contributed by atoms with Crippen molar-refractivity contribution < 1.29 is 4.79 Å². The molecular formula is C14H24N4O. The standard InChI is InChI=1S/C14H24N4O/c1-11(2)18(9-12-5-4-6-15-7-12)14(19)13-8-16-17(3)10-13/h8,10-12,15H,4-7,9H2,1-3H3. The molecule has 1 N–H and O–H groups in total. The molecule has 1 aliphatic heterocycles. The fraction of sp³-hybridized carbons (Fsp3) is 0.714. The SMILES string of the molecule is CC(C)N(CC1CCCNC1)C(=O)c1cnn(C)c1. The molecule has 0 spiro atoms. The van der Waals surface area contributed by atoms with Crippen molar-refractivity contribution in [3.8, 4) is 0 Å². The minimum Gasteiger partial charge on any atom is -0.336 e. The van der Waals surface area contributed by atoms with Gasteiger partial charge in [0.1, 0.15) is 0 Å². The maximum absolute atomic E-state index is 12.5. The van der Waals surface area contributed by atoms with Crippen LogP contribution in [0.5, 0.6) is 0 Å². The molecule has 1 aliphatic rings. The molecule has 1 aromatic rings. The first-order valence-corrected chi connectivity index (χ1v) is 7.08. The Morgan fingerprint density at radius 1 is 1.63 bits per heavy atom. The van der Waals surface area contributed by atoms with E-state index in [0.717, 1.165) is 19.6 Å². The number of rotatable bonds is 4. The van der Waals surface area contributed by atoms with Crippen LogP contribution in [0.2, 0.25) is 0 Å². The van der Waals surface area contributed by atoms with Crippen molar-refractivity contribution >= 4 is 5.91 Å². The van der Waals surface area contributed by atoms with Crippen molar-refractivity contribution in [3.63, 3.8) is 0 Å². The van der Waals surface area contributed by atoms with Crippen LogP contribution in [0, 0.1) is 5.92 Å². The Kier molecular flexibility index (Phi) is 4.58. The van der Waals surface area contributed by atoms with E-state index in [1.165, 1.54) is 12.8 Å². The number of nitrogens with zero attached hydrogens (tertiary/aromatic N) is 3. The predicted molar refractivity (Wildman–Crippen MR) is 75.0 cm³/mol. The molecule has 0 radical (unpaired) electrons. The predicted octanol–water partition coefficient (Wildman–Crippen LogP) is 1.27. The van der Waals surface area contributed by atoms with Gasteiger partial charge < -0.3 is 10.2 Å². The lowest BCUT2D eigenvalue weighted by Crippen LogP contribution is -2.44. The van der Waals surface area contributed by atoms with E-state index in [1.54, 1.807) is 17.1 Å². The molecule has 5 heteroatoms. The van der Waals surface area contributed by atoms with Gasteiger partial charge >= 0.3 is 0 Å². The summed E-state index contributed by atoms with van der Waals surface area (Å²) in [4.78, 5) is 14.5. The van der Waals surface area contributed by atoms with Crippen molar-refractivity contribution in [2.75, 3.05) is 19.6 Å². The van der Waals surface area contributed by atoms with Crippen LogP contribution in [-0.2, 0) is 7.05 Å². The van der Waals surface area contributed by atoms with E-state index in [-0.39, 0.29) is 11.9 Å². The highest BCUT2D eigenvalue weighted by molar-refractivity contribution is 5.93. The van der Waals surface area contributed by atoms with Gasteiger partial charge in [-0.3, -0.25) is 9.48 Å². The van der Waals surface area contributed by atoms with Gasteiger partial charge in [0, 0.05) is 25.8 Å². The van der Waals surface area contributed by atoms with Crippen molar-refractivity contribution in [2.45, 2.75) is 32.7 Å². The zero-order valence-corrected chi connectivity index (χ0v) is 12.1. The smallest absolute Gasteiger partial charge is 0.257 e. The Labute approximate surface area is 115 Å². The van der Waals surface area contributed by atoms with Gasteiger partial charge in [-0.15, -0.1) is 0 Å². The van der Waals surface area contributed by atoms with Crippen LogP contribution >= 0.6 is 0 Å². The number of amides is 1. The maximum atomic E-state index is 12.5. The van der Waals surface area contributed by atoms with Gasteiger partial charge in [-0.2, -0.15) is 5.10 Å². The number of nitrogens with one attached hydrogen (secondary N) is 1. The third-order valence-corrected chi connectivity index (χ3v) is 3.69. The fourth-order valence-corrected chi connectivity index (χ4v) is 2.58. The molecule has 1 fully saturated rings. The van der Waals surface area contributed by atoms with Gasteiger partial charge in [0.15, 0.2) is 0 Å². The molecule has 0 aliphatic carbocycles. The van der Waals surface area contributed by atoms with Crippen molar-refractivity contribution in [3.05, 3.63) is 18.0 Å². The number of hydrogen-bond acceptors (Lipinski definition) is 3. The zero-order chi connectivity index (χ0) is 13.8. The molecule has 5 nitrogen and oxygen atoms in total. The van der Waals surface area contributed by atoms with Gasteiger partial charge in [0.25, 0.3) is 5.91 Å². The van der Waals surface area contributed by atoms with Gasteiger partial charge in [0.05, 0.1) is 11.8 Å². The van der Waals surface area contributed by atoms with Gasteiger partial charge in [-0.1, -0.05) is 0 Å².